The van der Waals surface area contributed by atoms with E-state index in [1.807, 2.05) is 31.2 Å². The summed E-state index contributed by atoms with van der Waals surface area (Å²) in [5, 5.41) is 0. The molecule has 4 heteroatoms. The molecule has 1 aliphatic carbocycles. The van der Waals surface area contributed by atoms with Gasteiger partial charge in [-0.05, 0) is 30.2 Å². The Balaban J connectivity index is 1.85. The molecule has 0 radical (unpaired) electrons. The molecule has 2 aromatic rings. The molecule has 0 aliphatic heterocycles. The van der Waals surface area contributed by atoms with Crippen molar-refractivity contribution in [2.24, 2.45) is 0 Å². The van der Waals surface area contributed by atoms with Crippen molar-refractivity contribution in [1.29, 1.82) is 0 Å². The number of benzene rings is 2. The first-order valence-electron chi connectivity index (χ1n) is 6.97. The van der Waals surface area contributed by atoms with Crippen LogP contribution in [0, 0.1) is 6.92 Å². The Bertz CT molecular complexity index is 741. The second-order valence-corrected chi connectivity index (χ2v) is 6.56. The number of rotatable bonds is 3. The van der Waals surface area contributed by atoms with Crippen LogP contribution >= 0.6 is 0 Å². The molecule has 0 saturated carbocycles. The average molecular weight is 289 g/mol. The first-order valence-corrected chi connectivity index (χ1v) is 7.88. The molecule has 0 heterocycles. The highest BCUT2D eigenvalue weighted by Crippen LogP contribution is 2.26. The molecule has 0 aromatic heterocycles. The van der Waals surface area contributed by atoms with Crippen molar-refractivity contribution in [1.82, 2.24) is 0 Å². The fraction of sp³-hybridized carbons (Fsp3) is 0.250. The standard InChI is InChI=1S/C16H16O3S/c1-12-6-8-16(9-7-12)20(17,18)19-15-10-13-4-2-3-5-14(13)11-15/h2-9,15H,10-11H2,1H3/i15D. The van der Waals surface area contributed by atoms with Crippen molar-refractivity contribution in [2.75, 3.05) is 0 Å². The van der Waals surface area contributed by atoms with E-state index in [2.05, 4.69) is 0 Å². The van der Waals surface area contributed by atoms with Crippen LogP contribution in [0.4, 0.5) is 0 Å². The maximum atomic E-state index is 12.3. The second kappa shape index (κ2) is 5.04. The normalized spacial score (nSPS) is 17.6. The van der Waals surface area contributed by atoms with Crippen LogP contribution in [0.1, 0.15) is 18.1 Å². The fourth-order valence-electron chi connectivity index (χ4n) is 2.36. The third-order valence-corrected chi connectivity index (χ3v) is 4.74. The molecule has 0 spiro atoms. The van der Waals surface area contributed by atoms with Crippen LogP contribution in [0.25, 0.3) is 0 Å². The first-order chi connectivity index (χ1) is 9.88. The minimum absolute atomic E-state index is 0.0932. The van der Waals surface area contributed by atoms with Gasteiger partial charge in [0, 0.05) is 12.8 Å². The maximum absolute atomic E-state index is 12.3. The van der Waals surface area contributed by atoms with Gasteiger partial charge in [0.2, 0.25) is 0 Å². The summed E-state index contributed by atoms with van der Waals surface area (Å²) >= 11 is 0. The monoisotopic (exact) mass is 289 g/mol. The molecule has 104 valence electrons. The van der Waals surface area contributed by atoms with E-state index in [0.29, 0.717) is 0 Å². The van der Waals surface area contributed by atoms with Crippen LogP contribution in [0.2, 0.25) is 0 Å². The van der Waals surface area contributed by atoms with Crippen LogP contribution in [-0.4, -0.2) is 14.5 Å². The summed E-state index contributed by atoms with van der Waals surface area (Å²) < 4.78 is 38.2. The highest BCUT2D eigenvalue weighted by molar-refractivity contribution is 7.86. The van der Waals surface area contributed by atoms with Crippen molar-refractivity contribution < 1.29 is 14.0 Å². The largest absolute Gasteiger partial charge is 0.297 e. The van der Waals surface area contributed by atoms with E-state index >= 15 is 0 Å². The third-order valence-electron chi connectivity index (χ3n) is 3.43. The van der Waals surface area contributed by atoms with Gasteiger partial charge in [-0.15, -0.1) is 0 Å². The minimum Gasteiger partial charge on any atom is -0.262 e. The molecule has 0 N–H and O–H groups in total. The topological polar surface area (TPSA) is 43.4 Å². The van der Waals surface area contributed by atoms with E-state index in [4.69, 9.17) is 5.55 Å². The Morgan fingerprint density at radius 2 is 1.60 bits per heavy atom. The summed E-state index contributed by atoms with van der Waals surface area (Å²) in [5.74, 6) is 0. The van der Waals surface area contributed by atoms with Crippen molar-refractivity contribution in [3.63, 3.8) is 0 Å². The number of aryl methyl sites for hydroxylation is 1. The van der Waals surface area contributed by atoms with Gasteiger partial charge in [0.1, 0.15) is 0 Å². The summed E-state index contributed by atoms with van der Waals surface area (Å²) in [6.45, 7) is 1.89. The SMILES string of the molecule is [2H]C1(OS(=O)(=O)c2ccc(C)cc2)Cc2ccccc2C1. The molecule has 20 heavy (non-hydrogen) atoms. The molecule has 2 aromatic carbocycles. The average Bonchev–Trinajstić information content (AvgIpc) is 2.73. The molecule has 1 aliphatic rings. The molecule has 0 fully saturated rings. The number of hydrogen-bond acceptors (Lipinski definition) is 3. The molecular weight excluding hydrogens is 272 g/mol. The van der Waals surface area contributed by atoms with Gasteiger partial charge in [0.05, 0.1) is 12.3 Å². The van der Waals surface area contributed by atoms with E-state index in [-0.39, 0.29) is 17.7 Å². The van der Waals surface area contributed by atoms with Gasteiger partial charge < -0.3 is 0 Å². The lowest BCUT2D eigenvalue weighted by molar-refractivity contribution is 0.221. The summed E-state index contributed by atoms with van der Waals surface area (Å²) in [4.78, 5) is 0.0932. The van der Waals surface area contributed by atoms with Gasteiger partial charge in [0.25, 0.3) is 10.1 Å². The van der Waals surface area contributed by atoms with Crippen LogP contribution in [0.15, 0.2) is 53.4 Å². The Morgan fingerprint density at radius 1 is 1.05 bits per heavy atom. The van der Waals surface area contributed by atoms with E-state index in [9.17, 15) is 8.42 Å². The van der Waals surface area contributed by atoms with E-state index in [1.54, 1.807) is 12.1 Å². The molecule has 3 rings (SSSR count). The van der Waals surface area contributed by atoms with Gasteiger partial charge in [0.15, 0.2) is 0 Å². The zero-order valence-electron chi connectivity index (χ0n) is 12.2. The quantitative estimate of drug-likeness (QED) is 0.816. The van der Waals surface area contributed by atoms with Gasteiger partial charge in [-0.1, -0.05) is 42.0 Å². The van der Waals surface area contributed by atoms with E-state index in [0.717, 1.165) is 16.7 Å². The van der Waals surface area contributed by atoms with E-state index in [1.165, 1.54) is 12.1 Å². The van der Waals surface area contributed by atoms with Crippen molar-refractivity contribution in [3.8, 4) is 0 Å². The zero-order valence-corrected chi connectivity index (χ0v) is 12.0. The lowest BCUT2D eigenvalue weighted by Crippen LogP contribution is -2.18. The summed E-state index contributed by atoms with van der Waals surface area (Å²) in [5.41, 5.74) is 2.93. The fourth-order valence-corrected chi connectivity index (χ4v) is 3.35. The van der Waals surface area contributed by atoms with E-state index < -0.39 is 16.2 Å². The molecule has 0 saturated heterocycles. The van der Waals surface area contributed by atoms with Crippen molar-refractivity contribution >= 4 is 10.1 Å². The second-order valence-electron chi connectivity index (χ2n) is 5.01. The Hall–Kier alpha value is -1.65. The highest BCUT2D eigenvalue weighted by Gasteiger charge is 2.27. The van der Waals surface area contributed by atoms with Crippen LogP contribution in [0.5, 0.6) is 0 Å². The summed E-state index contributed by atoms with van der Waals surface area (Å²) in [6.07, 6.45) is -0.879. The lowest BCUT2D eigenvalue weighted by Gasteiger charge is -2.11. The Morgan fingerprint density at radius 3 is 2.15 bits per heavy atom. The van der Waals surface area contributed by atoms with Crippen molar-refractivity contribution in [2.45, 2.75) is 30.7 Å². The molecular formula is C16H16O3S. The third kappa shape index (κ3) is 2.62. The molecule has 0 unspecified atom stereocenters. The lowest BCUT2D eigenvalue weighted by atomic mass is 10.1. The highest BCUT2D eigenvalue weighted by atomic mass is 32.2. The van der Waals surface area contributed by atoms with Crippen LogP contribution in [-0.2, 0) is 27.1 Å². The molecule has 0 amide bonds. The molecule has 0 atom stereocenters. The first kappa shape index (κ1) is 12.1. The van der Waals surface area contributed by atoms with Crippen LogP contribution < -0.4 is 0 Å². The summed E-state index contributed by atoms with van der Waals surface area (Å²) in [7, 11) is -3.92. The Kier molecular flexibility index (Phi) is 3.05. The van der Waals surface area contributed by atoms with Gasteiger partial charge in [-0.25, -0.2) is 0 Å². The predicted molar refractivity (Wildman–Crippen MR) is 77.1 cm³/mol. The number of hydrogen-bond donors (Lipinski definition) is 0. The smallest absolute Gasteiger partial charge is 0.262 e. The van der Waals surface area contributed by atoms with Crippen LogP contribution in [0.3, 0.4) is 0 Å². The predicted octanol–water partition coefficient (Wildman–Crippen LogP) is 2.87. The number of fused-ring (bicyclic) bond motifs is 1. The zero-order chi connectivity index (χ0) is 15.1. The van der Waals surface area contributed by atoms with Crippen molar-refractivity contribution in [3.05, 3.63) is 65.2 Å². The maximum Gasteiger partial charge on any atom is 0.297 e. The molecule has 0 bridgehead atoms. The van der Waals surface area contributed by atoms with Gasteiger partial charge in [-0.2, -0.15) is 8.42 Å². The Labute approximate surface area is 120 Å². The summed E-state index contributed by atoms with van der Waals surface area (Å²) in [6, 6.07) is 14.1. The minimum atomic E-state index is -3.92. The van der Waals surface area contributed by atoms with Gasteiger partial charge >= 0.3 is 0 Å². The molecule has 3 nitrogen and oxygen atoms in total. The van der Waals surface area contributed by atoms with Gasteiger partial charge in [-0.3, -0.25) is 4.18 Å².